The van der Waals surface area contributed by atoms with Crippen molar-refractivity contribution in [2.24, 2.45) is 10.9 Å². The minimum atomic E-state index is -0.751. The van der Waals surface area contributed by atoms with E-state index in [1.807, 2.05) is 0 Å². The highest BCUT2D eigenvalue weighted by atomic mass is 19.1. The highest BCUT2D eigenvalue weighted by Gasteiger charge is 2.07. The molecule has 74 valence electrons. The number of hydrogen-bond donors (Lipinski definition) is 3. The van der Waals surface area contributed by atoms with Crippen LogP contribution in [-0.4, -0.2) is 17.0 Å². The molecule has 0 aliphatic carbocycles. The first-order valence-electron chi connectivity index (χ1n) is 3.68. The quantitative estimate of drug-likeness (QED) is 0.265. The van der Waals surface area contributed by atoms with Crippen LogP contribution in [0.15, 0.2) is 29.4 Å². The molecule has 6 heteroatoms. The van der Waals surface area contributed by atoms with Gasteiger partial charge in [0, 0.05) is 5.69 Å². The Morgan fingerprint density at radius 3 is 2.50 bits per heavy atom. The molecule has 1 aromatic carbocycles. The van der Waals surface area contributed by atoms with Gasteiger partial charge < -0.3 is 16.3 Å². The van der Waals surface area contributed by atoms with Crippen LogP contribution in [0.3, 0.4) is 0 Å². The van der Waals surface area contributed by atoms with E-state index in [9.17, 15) is 9.18 Å². The van der Waals surface area contributed by atoms with E-state index < -0.39 is 17.6 Å². The highest BCUT2D eigenvalue weighted by Crippen LogP contribution is 2.07. The number of oxime groups is 1. The van der Waals surface area contributed by atoms with Gasteiger partial charge in [-0.05, 0) is 24.3 Å². The summed E-state index contributed by atoms with van der Waals surface area (Å²) in [5.41, 5.74) is 5.37. The van der Waals surface area contributed by atoms with Gasteiger partial charge in [0.2, 0.25) is 5.84 Å². The second-order valence-electron chi connectivity index (χ2n) is 2.45. The Hall–Kier alpha value is -2.11. The van der Waals surface area contributed by atoms with Crippen molar-refractivity contribution in [3.63, 3.8) is 0 Å². The number of halogens is 1. The number of nitrogens with one attached hydrogen (secondary N) is 1. The summed E-state index contributed by atoms with van der Waals surface area (Å²) in [6.45, 7) is 0. The van der Waals surface area contributed by atoms with Crippen LogP contribution in [-0.2, 0) is 4.79 Å². The van der Waals surface area contributed by atoms with Crippen LogP contribution in [0.2, 0.25) is 0 Å². The van der Waals surface area contributed by atoms with Crippen molar-refractivity contribution in [3.8, 4) is 0 Å². The molecule has 0 saturated heterocycles. The predicted octanol–water partition coefficient (Wildman–Crippen LogP) is 0.511. The van der Waals surface area contributed by atoms with E-state index in [1.165, 1.54) is 24.3 Å². The molecule has 4 N–H and O–H groups in total. The van der Waals surface area contributed by atoms with E-state index in [0.29, 0.717) is 5.69 Å². The fourth-order valence-electron chi connectivity index (χ4n) is 0.774. The summed E-state index contributed by atoms with van der Waals surface area (Å²) < 4.78 is 12.4. The summed E-state index contributed by atoms with van der Waals surface area (Å²) in [6.07, 6.45) is 0. The molecule has 0 unspecified atom stereocenters. The summed E-state index contributed by atoms with van der Waals surface area (Å²) >= 11 is 0. The highest BCUT2D eigenvalue weighted by molar-refractivity contribution is 6.41. The average Bonchev–Trinajstić information content (AvgIpc) is 2.20. The van der Waals surface area contributed by atoms with E-state index in [4.69, 9.17) is 10.9 Å². The SMILES string of the molecule is N/C(=N/O)C(=O)Nc1ccc(F)cc1. The molecule has 0 spiro atoms. The number of anilines is 1. The maximum absolute atomic E-state index is 12.4. The van der Waals surface area contributed by atoms with Crippen molar-refractivity contribution in [2.75, 3.05) is 5.32 Å². The van der Waals surface area contributed by atoms with Gasteiger partial charge in [-0.2, -0.15) is 0 Å². The first kappa shape index (κ1) is 9.97. The molecule has 1 aromatic rings. The van der Waals surface area contributed by atoms with Crippen molar-refractivity contribution in [2.45, 2.75) is 0 Å². The van der Waals surface area contributed by atoms with Crippen LogP contribution in [0.4, 0.5) is 10.1 Å². The molecule has 0 bridgehead atoms. The van der Waals surface area contributed by atoms with E-state index in [-0.39, 0.29) is 0 Å². The Balaban J connectivity index is 2.70. The second-order valence-corrected chi connectivity index (χ2v) is 2.45. The topological polar surface area (TPSA) is 87.7 Å². The minimum absolute atomic E-state index is 0.364. The van der Waals surface area contributed by atoms with E-state index >= 15 is 0 Å². The van der Waals surface area contributed by atoms with Crippen molar-refractivity contribution < 1.29 is 14.4 Å². The first-order chi connectivity index (χ1) is 6.63. The Morgan fingerprint density at radius 2 is 2.00 bits per heavy atom. The van der Waals surface area contributed by atoms with Gasteiger partial charge in [-0.25, -0.2) is 4.39 Å². The molecule has 0 heterocycles. The number of carbonyl (C=O) groups is 1. The molecular formula is C8H8FN3O2. The third-order valence-electron chi connectivity index (χ3n) is 1.44. The zero-order valence-corrected chi connectivity index (χ0v) is 7.07. The van der Waals surface area contributed by atoms with Gasteiger partial charge in [0.25, 0.3) is 5.91 Å². The van der Waals surface area contributed by atoms with Crippen LogP contribution in [0.5, 0.6) is 0 Å². The van der Waals surface area contributed by atoms with Crippen molar-refractivity contribution >= 4 is 17.4 Å². The number of nitrogens with zero attached hydrogens (tertiary/aromatic N) is 1. The lowest BCUT2D eigenvalue weighted by atomic mass is 10.3. The third kappa shape index (κ3) is 2.44. The molecule has 0 atom stereocenters. The summed E-state index contributed by atoms with van der Waals surface area (Å²) in [7, 11) is 0. The molecule has 0 radical (unpaired) electrons. The Labute approximate surface area is 79.0 Å². The maximum atomic E-state index is 12.4. The van der Waals surface area contributed by atoms with Gasteiger partial charge in [0.15, 0.2) is 0 Å². The summed E-state index contributed by atoms with van der Waals surface area (Å²) in [6, 6.07) is 5.08. The molecule has 0 aromatic heterocycles. The second kappa shape index (κ2) is 4.22. The monoisotopic (exact) mass is 197 g/mol. The van der Waals surface area contributed by atoms with Crippen LogP contribution in [0, 0.1) is 5.82 Å². The van der Waals surface area contributed by atoms with Crippen molar-refractivity contribution in [1.29, 1.82) is 0 Å². The van der Waals surface area contributed by atoms with Gasteiger partial charge >= 0.3 is 0 Å². The van der Waals surface area contributed by atoms with Crippen LogP contribution >= 0.6 is 0 Å². The van der Waals surface area contributed by atoms with Gasteiger partial charge in [-0.1, -0.05) is 5.16 Å². The van der Waals surface area contributed by atoms with Crippen LogP contribution in [0.25, 0.3) is 0 Å². The number of amidine groups is 1. The zero-order valence-electron chi connectivity index (χ0n) is 7.07. The fraction of sp³-hybridized carbons (Fsp3) is 0. The number of benzene rings is 1. The molecule has 0 aliphatic heterocycles. The summed E-state index contributed by atoms with van der Waals surface area (Å²) in [5, 5.41) is 13.0. The number of amides is 1. The van der Waals surface area contributed by atoms with Gasteiger partial charge in [0.1, 0.15) is 5.82 Å². The first-order valence-corrected chi connectivity index (χ1v) is 3.68. The standard InChI is InChI=1S/C8H8FN3O2/c9-5-1-3-6(4-2-5)11-8(13)7(10)12-14/h1-4,14H,(H2,10,12)(H,11,13). The number of carbonyl (C=O) groups excluding carboxylic acids is 1. The van der Waals surface area contributed by atoms with Gasteiger partial charge in [-0.15, -0.1) is 0 Å². The Morgan fingerprint density at radius 1 is 1.43 bits per heavy atom. The molecule has 1 amide bonds. The molecule has 0 fully saturated rings. The minimum Gasteiger partial charge on any atom is -0.409 e. The predicted molar refractivity (Wildman–Crippen MR) is 48.4 cm³/mol. The smallest absolute Gasteiger partial charge is 0.294 e. The zero-order chi connectivity index (χ0) is 10.6. The van der Waals surface area contributed by atoms with Crippen LogP contribution in [0.1, 0.15) is 0 Å². The van der Waals surface area contributed by atoms with E-state index in [2.05, 4.69) is 10.5 Å². The number of rotatable bonds is 1. The summed E-state index contributed by atoms with van der Waals surface area (Å²) in [5.74, 6) is -1.72. The molecule has 14 heavy (non-hydrogen) atoms. The van der Waals surface area contributed by atoms with Crippen molar-refractivity contribution in [1.82, 2.24) is 0 Å². The Kier molecular flexibility index (Phi) is 3.01. The van der Waals surface area contributed by atoms with E-state index in [1.54, 1.807) is 0 Å². The number of nitrogens with two attached hydrogens (primary N) is 1. The lowest BCUT2D eigenvalue weighted by Crippen LogP contribution is -2.30. The lowest BCUT2D eigenvalue weighted by molar-refractivity contribution is -0.110. The number of hydrogen-bond acceptors (Lipinski definition) is 3. The van der Waals surface area contributed by atoms with Gasteiger partial charge in [-0.3, -0.25) is 4.79 Å². The molecule has 0 saturated carbocycles. The largest absolute Gasteiger partial charge is 0.409 e. The lowest BCUT2D eigenvalue weighted by Gasteiger charge is -2.02. The molecule has 5 nitrogen and oxygen atoms in total. The van der Waals surface area contributed by atoms with Gasteiger partial charge in [0.05, 0.1) is 0 Å². The van der Waals surface area contributed by atoms with Crippen molar-refractivity contribution in [3.05, 3.63) is 30.1 Å². The maximum Gasteiger partial charge on any atom is 0.294 e. The summed E-state index contributed by atoms with van der Waals surface area (Å²) in [4.78, 5) is 11.0. The Bertz CT molecular complexity index is 361. The normalized spacial score (nSPS) is 11.1. The third-order valence-corrected chi connectivity index (χ3v) is 1.44. The molecule has 1 rings (SSSR count). The molecule has 0 aliphatic rings. The average molecular weight is 197 g/mol. The van der Waals surface area contributed by atoms with Crippen LogP contribution < -0.4 is 11.1 Å². The fourth-order valence-corrected chi connectivity index (χ4v) is 0.774. The van der Waals surface area contributed by atoms with E-state index in [0.717, 1.165) is 0 Å². The molecular weight excluding hydrogens is 189 g/mol.